The van der Waals surface area contributed by atoms with Gasteiger partial charge in [0, 0.05) is 50.4 Å². The summed E-state index contributed by atoms with van der Waals surface area (Å²) in [6.07, 6.45) is 1.40. The van der Waals surface area contributed by atoms with Gasteiger partial charge in [-0.25, -0.2) is 8.42 Å². The van der Waals surface area contributed by atoms with Crippen molar-refractivity contribution in [2.75, 3.05) is 31.1 Å². The minimum Gasteiger partial charge on any atom is -0.392 e. The summed E-state index contributed by atoms with van der Waals surface area (Å²) in [4.78, 5) is 30.7. The zero-order chi connectivity index (χ0) is 23.2. The van der Waals surface area contributed by atoms with Crippen LogP contribution in [0.25, 0.3) is 0 Å². The van der Waals surface area contributed by atoms with Gasteiger partial charge in [0.25, 0.3) is 0 Å². The number of rotatable bonds is 5. The molecule has 0 aromatic heterocycles. The minimum absolute atomic E-state index is 0.0222. The van der Waals surface area contributed by atoms with Crippen molar-refractivity contribution >= 4 is 27.5 Å². The van der Waals surface area contributed by atoms with E-state index in [1.165, 1.54) is 6.07 Å². The first-order valence-electron chi connectivity index (χ1n) is 11.1. The van der Waals surface area contributed by atoms with E-state index in [1.807, 2.05) is 6.92 Å². The highest BCUT2D eigenvalue weighted by atomic mass is 32.2. The van der Waals surface area contributed by atoms with Gasteiger partial charge in [0.15, 0.2) is 0 Å². The SMILES string of the molecule is [CH2][C@H](NS(=O)(=O)c1cccc(N2CCCC2=O)c1C)C(=O)N1C[C@@H]2C[C@@H](O)CN2C[C@@H]1C. The quantitative estimate of drug-likeness (QED) is 0.649. The molecule has 0 spiro atoms. The largest absolute Gasteiger partial charge is 0.392 e. The van der Waals surface area contributed by atoms with Crippen LogP contribution in [0.5, 0.6) is 0 Å². The smallest absolute Gasteiger partial charge is 0.241 e. The average molecular weight is 464 g/mol. The summed E-state index contributed by atoms with van der Waals surface area (Å²) in [7, 11) is -4.04. The van der Waals surface area contributed by atoms with Crippen molar-refractivity contribution in [1.82, 2.24) is 14.5 Å². The van der Waals surface area contributed by atoms with Gasteiger partial charge in [0.1, 0.15) is 6.04 Å². The molecule has 0 bridgehead atoms. The molecule has 3 fully saturated rings. The maximum Gasteiger partial charge on any atom is 0.241 e. The molecule has 10 heteroatoms. The highest BCUT2D eigenvalue weighted by Crippen LogP contribution is 2.30. The van der Waals surface area contributed by atoms with E-state index in [1.54, 1.807) is 28.9 Å². The van der Waals surface area contributed by atoms with Gasteiger partial charge in [0.2, 0.25) is 21.8 Å². The van der Waals surface area contributed by atoms with Gasteiger partial charge < -0.3 is 14.9 Å². The third-order valence-corrected chi connectivity index (χ3v) is 8.35. The number of hydrogen-bond donors (Lipinski definition) is 2. The molecule has 3 aliphatic rings. The number of nitrogens with one attached hydrogen (secondary N) is 1. The van der Waals surface area contributed by atoms with E-state index < -0.39 is 22.2 Å². The number of carbonyl (C=O) groups is 2. The number of hydrogen-bond acceptors (Lipinski definition) is 6. The first-order valence-corrected chi connectivity index (χ1v) is 12.5. The number of sulfonamides is 1. The summed E-state index contributed by atoms with van der Waals surface area (Å²) in [5.74, 6) is -0.406. The Morgan fingerprint density at radius 1 is 1.28 bits per heavy atom. The molecule has 0 saturated carbocycles. The van der Waals surface area contributed by atoms with E-state index in [0.717, 1.165) is 6.42 Å². The van der Waals surface area contributed by atoms with E-state index in [4.69, 9.17) is 0 Å². The Morgan fingerprint density at radius 3 is 2.72 bits per heavy atom. The third-order valence-electron chi connectivity index (χ3n) is 6.73. The molecular formula is C22H31N4O5S. The van der Waals surface area contributed by atoms with Crippen LogP contribution in [0.1, 0.15) is 31.7 Å². The van der Waals surface area contributed by atoms with Crippen LogP contribution in [0.4, 0.5) is 5.69 Å². The molecule has 1 aromatic carbocycles. The predicted octanol–water partition coefficient (Wildman–Crippen LogP) is 0.269. The molecule has 0 aliphatic carbocycles. The number of benzene rings is 1. The van der Waals surface area contributed by atoms with Gasteiger partial charge >= 0.3 is 0 Å². The van der Waals surface area contributed by atoms with Crippen LogP contribution in [-0.4, -0.2) is 85.5 Å². The second-order valence-corrected chi connectivity index (χ2v) is 10.7. The second-order valence-electron chi connectivity index (χ2n) is 9.06. The average Bonchev–Trinajstić information content (AvgIpc) is 3.30. The summed E-state index contributed by atoms with van der Waals surface area (Å²) in [5, 5.41) is 9.93. The summed E-state index contributed by atoms with van der Waals surface area (Å²) < 4.78 is 28.7. The number of aliphatic hydroxyl groups is 1. The van der Waals surface area contributed by atoms with Crippen LogP contribution < -0.4 is 9.62 Å². The fourth-order valence-electron chi connectivity index (χ4n) is 5.11. The highest BCUT2D eigenvalue weighted by Gasteiger charge is 2.41. The lowest BCUT2D eigenvalue weighted by molar-refractivity contribution is -0.137. The Balaban J connectivity index is 1.50. The van der Waals surface area contributed by atoms with E-state index in [-0.39, 0.29) is 28.8 Å². The van der Waals surface area contributed by atoms with Crippen molar-refractivity contribution in [2.24, 2.45) is 0 Å². The third kappa shape index (κ3) is 4.28. The molecule has 3 aliphatic heterocycles. The number of fused-ring (bicyclic) bond motifs is 1. The maximum atomic E-state index is 13.1. The predicted molar refractivity (Wildman–Crippen MR) is 119 cm³/mol. The number of nitrogens with zero attached hydrogens (tertiary/aromatic N) is 3. The van der Waals surface area contributed by atoms with E-state index in [0.29, 0.717) is 50.3 Å². The maximum absolute atomic E-state index is 13.1. The number of piperazine rings is 1. The number of aliphatic hydroxyl groups excluding tert-OH is 1. The number of carbonyl (C=O) groups excluding carboxylic acids is 2. The lowest BCUT2D eigenvalue weighted by atomic mass is 10.1. The van der Waals surface area contributed by atoms with Crippen molar-refractivity contribution in [3.8, 4) is 0 Å². The fourth-order valence-corrected chi connectivity index (χ4v) is 6.48. The Labute approximate surface area is 189 Å². The van der Waals surface area contributed by atoms with Crippen molar-refractivity contribution in [3.05, 3.63) is 30.7 Å². The molecule has 4 atom stereocenters. The zero-order valence-corrected chi connectivity index (χ0v) is 19.3. The van der Waals surface area contributed by atoms with Crippen LogP contribution in [0, 0.1) is 13.8 Å². The summed E-state index contributed by atoms with van der Waals surface area (Å²) in [6, 6.07) is 3.60. The molecule has 1 aromatic rings. The zero-order valence-electron chi connectivity index (χ0n) is 18.5. The molecule has 2 amide bonds. The summed E-state index contributed by atoms with van der Waals surface area (Å²) >= 11 is 0. The van der Waals surface area contributed by atoms with Gasteiger partial charge in [-0.3, -0.25) is 14.5 Å². The Kier molecular flexibility index (Phi) is 6.32. The molecule has 3 saturated heterocycles. The Hall–Kier alpha value is -2.01. The summed E-state index contributed by atoms with van der Waals surface area (Å²) in [5.41, 5.74) is 1.05. The van der Waals surface area contributed by atoms with Crippen LogP contribution in [-0.2, 0) is 19.6 Å². The lowest BCUT2D eigenvalue weighted by Crippen LogP contribution is -2.60. The molecule has 3 heterocycles. The first kappa shape index (κ1) is 23.2. The molecule has 4 rings (SSSR count). The fraction of sp³-hybridized carbons (Fsp3) is 0.591. The van der Waals surface area contributed by atoms with Crippen molar-refractivity contribution in [1.29, 1.82) is 0 Å². The normalized spacial score (nSPS) is 27.6. The number of amides is 2. The monoisotopic (exact) mass is 463 g/mol. The molecule has 0 unspecified atom stereocenters. The highest BCUT2D eigenvalue weighted by molar-refractivity contribution is 7.89. The molecule has 32 heavy (non-hydrogen) atoms. The van der Waals surface area contributed by atoms with E-state index in [2.05, 4.69) is 16.5 Å². The van der Waals surface area contributed by atoms with Gasteiger partial charge in [0.05, 0.1) is 11.0 Å². The minimum atomic E-state index is -4.04. The van der Waals surface area contributed by atoms with Gasteiger partial charge in [-0.15, -0.1) is 0 Å². The molecule has 1 radical (unpaired) electrons. The standard InChI is InChI=1S/C22H31N4O5S/c1-14-11-24-13-18(27)10-17(24)12-26(14)22(29)16(3)23-32(30,31)20-7-4-6-19(15(20)2)25-9-5-8-21(25)28/h4,6-7,14,16-18,23,27H,3,5,8-13H2,1-2H3/t14-,16-,17-,18+/m0/s1. The number of anilines is 1. The van der Waals surface area contributed by atoms with Gasteiger partial charge in [-0.1, -0.05) is 6.07 Å². The Morgan fingerprint density at radius 2 is 2.03 bits per heavy atom. The molecule has 175 valence electrons. The van der Waals surface area contributed by atoms with Crippen LogP contribution in [0.2, 0.25) is 0 Å². The second kappa shape index (κ2) is 8.74. The molecular weight excluding hydrogens is 432 g/mol. The van der Waals surface area contributed by atoms with Crippen molar-refractivity contribution in [3.63, 3.8) is 0 Å². The van der Waals surface area contributed by atoms with E-state index in [9.17, 15) is 23.1 Å². The van der Waals surface area contributed by atoms with Gasteiger partial charge in [-0.2, -0.15) is 4.72 Å². The Bertz CT molecular complexity index is 1010. The van der Waals surface area contributed by atoms with E-state index >= 15 is 0 Å². The van der Waals surface area contributed by atoms with Crippen molar-refractivity contribution in [2.45, 2.75) is 62.2 Å². The van der Waals surface area contributed by atoms with Crippen LogP contribution in [0.15, 0.2) is 23.1 Å². The van der Waals surface area contributed by atoms with Crippen molar-refractivity contribution < 1.29 is 23.1 Å². The first-order chi connectivity index (χ1) is 15.1. The topological polar surface area (TPSA) is 110 Å². The van der Waals surface area contributed by atoms with Gasteiger partial charge in [-0.05, 0) is 51.3 Å². The lowest BCUT2D eigenvalue weighted by Gasteiger charge is -2.43. The van der Waals surface area contributed by atoms with Crippen LogP contribution in [0.3, 0.4) is 0 Å². The molecule has 2 N–H and O–H groups in total. The summed E-state index contributed by atoms with van der Waals surface area (Å²) in [6.45, 7) is 9.62. The molecule has 9 nitrogen and oxygen atoms in total. The van der Waals surface area contributed by atoms with Crippen LogP contribution >= 0.6 is 0 Å².